The highest BCUT2D eigenvalue weighted by atomic mass is 32.2. The minimum absolute atomic E-state index is 0.132. The van der Waals surface area contributed by atoms with Gasteiger partial charge < -0.3 is 14.7 Å². The zero-order valence-corrected chi connectivity index (χ0v) is 19.6. The lowest BCUT2D eigenvalue weighted by molar-refractivity contribution is -0.137. The molecule has 6 nitrogen and oxygen atoms in total. The van der Waals surface area contributed by atoms with Crippen molar-refractivity contribution in [2.75, 3.05) is 22.2 Å². The number of ether oxygens (including phenoxy) is 1. The summed E-state index contributed by atoms with van der Waals surface area (Å²) < 4.78 is 61.4. The number of rotatable bonds is 3. The maximum atomic E-state index is 15.0. The smallest absolute Gasteiger partial charge is 0.417 e. The van der Waals surface area contributed by atoms with E-state index < -0.39 is 40.3 Å². The third kappa shape index (κ3) is 3.64. The van der Waals surface area contributed by atoms with Gasteiger partial charge >= 0.3 is 6.18 Å². The summed E-state index contributed by atoms with van der Waals surface area (Å²) in [6, 6.07) is 7.44. The van der Waals surface area contributed by atoms with E-state index in [0.717, 1.165) is 9.80 Å². The van der Waals surface area contributed by atoms with Gasteiger partial charge in [0.05, 0.1) is 34.4 Å². The van der Waals surface area contributed by atoms with Crippen molar-refractivity contribution in [2.24, 2.45) is 0 Å². The molecule has 3 aliphatic rings. The number of anilines is 2. The van der Waals surface area contributed by atoms with Crippen LogP contribution in [-0.2, 0) is 11.0 Å². The number of nitrogens with zero attached hydrogens (tertiary/aromatic N) is 3. The first-order valence-corrected chi connectivity index (χ1v) is 12.0. The molecule has 2 aliphatic heterocycles. The fraction of sp³-hybridized carbons (Fsp3) is 0.348. The molecule has 0 aromatic heterocycles. The second-order valence-corrected chi connectivity index (χ2v) is 9.89. The van der Waals surface area contributed by atoms with E-state index >= 15 is 0 Å². The van der Waals surface area contributed by atoms with Crippen LogP contribution in [0.25, 0.3) is 0 Å². The molecule has 1 aliphatic carbocycles. The van der Waals surface area contributed by atoms with Gasteiger partial charge in [-0.2, -0.15) is 18.4 Å². The van der Waals surface area contributed by atoms with Gasteiger partial charge in [-0.15, -0.1) is 11.8 Å². The third-order valence-corrected chi connectivity index (χ3v) is 7.99. The first-order chi connectivity index (χ1) is 16.6. The molecule has 1 saturated carbocycles. The van der Waals surface area contributed by atoms with Gasteiger partial charge in [0.1, 0.15) is 23.2 Å². The molecule has 2 heterocycles. The van der Waals surface area contributed by atoms with Crippen molar-refractivity contribution in [1.82, 2.24) is 0 Å². The summed E-state index contributed by atoms with van der Waals surface area (Å²) in [4.78, 5) is 16.7. The lowest BCUT2D eigenvalue weighted by atomic mass is 9.75. The fourth-order valence-corrected chi connectivity index (χ4v) is 6.05. The topological polar surface area (TPSA) is 76.8 Å². The zero-order valence-electron chi connectivity index (χ0n) is 17.9. The van der Waals surface area contributed by atoms with Crippen molar-refractivity contribution in [1.29, 1.82) is 5.26 Å². The maximum absolute atomic E-state index is 15.0. The van der Waals surface area contributed by atoms with Gasteiger partial charge in [-0.3, -0.25) is 9.69 Å². The Morgan fingerprint density at radius 3 is 2.63 bits per heavy atom. The van der Waals surface area contributed by atoms with Crippen molar-refractivity contribution in [3.63, 3.8) is 0 Å². The van der Waals surface area contributed by atoms with Gasteiger partial charge in [0.15, 0.2) is 5.11 Å². The molecular formula is C23H17F4N3O3S2. The minimum Gasteiger partial charge on any atom is -0.486 e. The van der Waals surface area contributed by atoms with Crippen molar-refractivity contribution in [3.8, 4) is 11.8 Å². The van der Waals surface area contributed by atoms with Crippen LogP contribution in [0.15, 0.2) is 35.2 Å². The van der Waals surface area contributed by atoms with E-state index in [1.54, 1.807) is 23.1 Å². The molecule has 0 radical (unpaired) electrons. The summed E-state index contributed by atoms with van der Waals surface area (Å²) >= 11 is 7.01. The molecule has 0 bridgehead atoms. The Labute approximate surface area is 207 Å². The van der Waals surface area contributed by atoms with Crippen LogP contribution in [-0.4, -0.2) is 40.1 Å². The molecule has 0 unspecified atom stereocenters. The number of hydrogen-bond acceptors (Lipinski definition) is 6. The Hall–Kier alpha value is -2.88. The summed E-state index contributed by atoms with van der Waals surface area (Å²) in [5, 5.41) is 18.3. The van der Waals surface area contributed by atoms with E-state index in [-0.39, 0.29) is 17.8 Å². The standard InChI is InChI=1S/C23H17F4N3O3S2/c24-16-6-12(9-28)15(23(25,26)27)8-17(16)29-20(32)22(4-1-5-22)30(21(29)34)13-2-3-18-19(7-13)35-11-14(10-31)33-18/h2-3,6-8,14,31H,1,4-5,10-11H2/t14-/m0/s1. The number of carbonyl (C=O) groups is 1. The highest BCUT2D eigenvalue weighted by molar-refractivity contribution is 7.99. The maximum Gasteiger partial charge on any atom is 0.417 e. The van der Waals surface area contributed by atoms with Crippen LogP contribution in [0.4, 0.5) is 28.9 Å². The van der Waals surface area contributed by atoms with Crippen molar-refractivity contribution in [2.45, 2.75) is 42.0 Å². The normalized spacial score (nSPS) is 21.0. The van der Waals surface area contributed by atoms with E-state index in [4.69, 9.17) is 22.2 Å². The third-order valence-electron chi connectivity index (χ3n) is 6.45. The van der Waals surface area contributed by atoms with Gasteiger partial charge in [-0.1, -0.05) is 0 Å². The first kappa shape index (κ1) is 23.8. The highest BCUT2D eigenvalue weighted by Crippen LogP contribution is 2.50. The number of halogens is 4. The Morgan fingerprint density at radius 1 is 1.29 bits per heavy atom. The predicted octanol–water partition coefficient (Wildman–Crippen LogP) is 4.62. The van der Waals surface area contributed by atoms with Crippen LogP contribution in [0.5, 0.6) is 5.75 Å². The van der Waals surface area contributed by atoms with Crippen molar-refractivity contribution >= 4 is 46.4 Å². The van der Waals surface area contributed by atoms with Crippen LogP contribution in [0, 0.1) is 17.1 Å². The summed E-state index contributed by atoms with van der Waals surface area (Å²) in [7, 11) is 0. The molecule has 2 fully saturated rings. The molecule has 5 rings (SSSR count). The molecule has 1 amide bonds. The molecule has 2 aromatic rings. The quantitative estimate of drug-likeness (QED) is 0.465. The van der Waals surface area contributed by atoms with Gasteiger partial charge in [0.25, 0.3) is 5.91 Å². The highest BCUT2D eigenvalue weighted by Gasteiger charge is 2.60. The number of nitriles is 1. The SMILES string of the molecule is N#Cc1cc(F)c(N2C(=O)C3(CCC3)N(c3ccc4c(c3)SC[C@H](CO)O4)C2=S)cc1C(F)(F)F. The molecule has 1 N–H and O–H groups in total. The number of aliphatic hydroxyl groups is 1. The Balaban J connectivity index is 1.59. The van der Waals surface area contributed by atoms with Crippen molar-refractivity contribution in [3.05, 3.63) is 47.3 Å². The van der Waals surface area contributed by atoms with E-state index in [1.807, 2.05) is 0 Å². The molecule has 35 heavy (non-hydrogen) atoms. The number of hydrogen-bond donors (Lipinski definition) is 1. The number of thioether (sulfide) groups is 1. The summed E-state index contributed by atoms with van der Waals surface area (Å²) in [5.74, 6) is -0.670. The Bertz CT molecular complexity index is 1290. The molecule has 1 saturated heterocycles. The summed E-state index contributed by atoms with van der Waals surface area (Å²) in [5.41, 5.74) is -3.44. The molecule has 12 heteroatoms. The average Bonchev–Trinajstić information content (AvgIpc) is 3.04. The largest absolute Gasteiger partial charge is 0.486 e. The van der Waals surface area contributed by atoms with Crippen LogP contribution in [0.2, 0.25) is 0 Å². The van der Waals surface area contributed by atoms with Gasteiger partial charge in [-0.25, -0.2) is 4.39 Å². The summed E-state index contributed by atoms with van der Waals surface area (Å²) in [6.07, 6.45) is -3.76. The molecule has 1 spiro atoms. The van der Waals surface area contributed by atoms with Crippen LogP contribution >= 0.6 is 24.0 Å². The number of alkyl halides is 3. The van der Waals surface area contributed by atoms with Crippen LogP contribution in [0.3, 0.4) is 0 Å². The van der Waals surface area contributed by atoms with Gasteiger partial charge in [0, 0.05) is 11.4 Å². The lowest BCUT2D eigenvalue weighted by Gasteiger charge is -2.43. The number of fused-ring (bicyclic) bond motifs is 1. The van der Waals surface area contributed by atoms with Crippen LogP contribution in [0.1, 0.15) is 30.4 Å². The number of amides is 1. The number of carbonyl (C=O) groups excluding carboxylic acids is 1. The zero-order chi connectivity index (χ0) is 25.1. The summed E-state index contributed by atoms with van der Waals surface area (Å²) in [6.45, 7) is -0.132. The van der Waals surface area contributed by atoms with E-state index in [9.17, 15) is 27.5 Å². The van der Waals surface area contributed by atoms with Crippen molar-refractivity contribution < 1.29 is 32.2 Å². The second-order valence-electron chi connectivity index (χ2n) is 8.47. The predicted molar refractivity (Wildman–Crippen MR) is 124 cm³/mol. The number of benzene rings is 2. The average molecular weight is 524 g/mol. The number of thiocarbonyl (C=S) groups is 1. The fourth-order valence-electron chi connectivity index (χ4n) is 4.59. The molecular weight excluding hydrogens is 506 g/mol. The second kappa shape index (κ2) is 8.36. The van der Waals surface area contributed by atoms with E-state index in [0.29, 0.717) is 48.6 Å². The molecule has 2 aromatic carbocycles. The monoisotopic (exact) mass is 523 g/mol. The lowest BCUT2D eigenvalue weighted by Crippen LogP contribution is -2.55. The van der Waals surface area contributed by atoms with Gasteiger partial charge in [0.2, 0.25) is 0 Å². The van der Waals surface area contributed by atoms with Crippen LogP contribution < -0.4 is 14.5 Å². The molecule has 182 valence electrons. The molecule has 1 atom stereocenters. The van der Waals surface area contributed by atoms with Gasteiger partial charge in [-0.05, 0) is 61.8 Å². The Morgan fingerprint density at radius 2 is 2.03 bits per heavy atom. The Kier molecular flexibility index (Phi) is 5.69. The number of aliphatic hydroxyl groups excluding tert-OH is 1. The van der Waals surface area contributed by atoms with E-state index in [1.165, 1.54) is 17.8 Å². The first-order valence-electron chi connectivity index (χ1n) is 10.6. The minimum atomic E-state index is -4.92. The van der Waals surface area contributed by atoms with E-state index in [2.05, 4.69) is 0 Å².